The summed E-state index contributed by atoms with van der Waals surface area (Å²) < 4.78 is 13.0. The Bertz CT molecular complexity index is 371. The Morgan fingerprint density at radius 2 is 2.00 bits per heavy atom. The highest BCUT2D eigenvalue weighted by molar-refractivity contribution is 5.34. The van der Waals surface area contributed by atoms with Crippen molar-refractivity contribution in [3.05, 3.63) is 35.6 Å². The molecule has 2 unspecified atom stereocenters. The van der Waals surface area contributed by atoms with Crippen LogP contribution in [0, 0.1) is 11.7 Å². The first-order valence-electron chi connectivity index (χ1n) is 6.58. The number of nitrogens with one attached hydrogen (secondary N) is 1. The molecule has 1 aliphatic rings. The van der Waals surface area contributed by atoms with Crippen LogP contribution in [0.15, 0.2) is 24.3 Å². The molecule has 0 amide bonds. The lowest BCUT2D eigenvalue weighted by Gasteiger charge is -2.20. The predicted molar refractivity (Wildman–Crippen MR) is 69.6 cm³/mol. The van der Waals surface area contributed by atoms with Crippen LogP contribution in [0.3, 0.4) is 0 Å². The Kier molecular flexibility index (Phi) is 3.53. The maximum Gasteiger partial charge on any atom is 0.123 e. The van der Waals surface area contributed by atoms with Crippen molar-refractivity contribution >= 4 is 0 Å². The second-order valence-corrected chi connectivity index (χ2v) is 5.51. The van der Waals surface area contributed by atoms with Crippen LogP contribution in [0.5, 0.6) is 0 Å². The van der Waals surface area contributed by atoms with Gasteiger partial charge in [0.05, 0.1) is 0 Å². The van der Waals surface area contributed by atoms with E-state index in [0.717, 1.165) is 12.5 Å². The third-order valence-electron chi connectivity index (χ3n) is 3.97. The van der Waals surface area contributed by atoms with Crippen molar-refractivity contribution in [2.45, 2.75) is 45.1 Å². The van der Waals surface area contributed by atoms with E-state index in [1.165, 1.54) is 18.4 Å². The molecule has 1 nitrogen and oxygen atoms in total. The van der Waals surface area contributed by atoms with Gasteiger partial charge < -0.3 is 5.32 Å². The van der Waals surface area contributed by atoms with Crippen LogP contribution in [0.1, 0.15) is 39.2 Å². The van der Waals surface area contributed by atoms with Gasteiger partial charge in [-0.2, -0.15) is 0 Å². The lowest BCUT2D eigenvalue weighted by Crippen LogP contribution is -2.33. The van der Waals surface area contributed by atoms with Crippen LogP contribution in [-0.2, 0) is 5.41 Å². The Morgan fingerprint density at radius 3 is 2.47 bits per heavy atom. The number of rotatable bonds is 5. The van der Waals surface area contributed by atoms with Gasteiger partial charge in [-0.1, -0.05) is 39.3 Å². The Morgan fingerprint density at radius 1 is 1.35 bits per heavy atom. The average Bonchev–Trinajstić information content (AvgIpc) is 3.02. The highest BCUT2D eigenvalue weighted by Crippen LogP contribution is 2.55. The Labute approximate surface area is 103 Å². The fourth-order valence-corrected chi connectivity index (χ4v) is 2.76. The number of hydrogen-bond acceptors (Lipinski definition) is 1. The van der Waals surface area contributed by atoms with Crippen molar-refractivity contribution < 1.29 is 4.39 Å². The van der Waals surface area contributed by atoms with Crippen molar-refractivity contribution in [2.24, 2.45) is 5.92 Å². The van der Waals surface area contributed by atoms with Crippen LogP contribution in [0.4, 0.5) is 4.39 Å². The maximum absolute atomic E-state index is 13.0. The summed E-state index contributed by atoms with van der Waals surface area (Å²) >= 11 is 0. The fraction of sp³-hybridized carbons (Fsp3) is 0.600. The monoisotopic (exact) mass is 235 g/mol. The van der Waals surface area contributed by atoms with Crippen LogP contribution < -0.4 is 5.32 Å². The van der Waals surface area contributed by atoms with E-state index >= 15 is 0 Å². The summed E-state index contributed by atoms with van der Waals surface area (Å²) in [5.74, 6) is 0.605. The van der Waals surface area contributed by atoms with Crippen molar-refractivity contribution in [1.29, 1.82) is 0 Å². The van der Waals surface area contributed by atoms with Gasteiger partial charge in [0.1, 0.15) is 5.82 Å². The highest BCUT2D eigenvalue weighted by atomic mass is 19.1. The van der Waals surface area contributed by atoms with Gasteiger partial charge >= 0.3 is 0 Å². The molecule has 0 spiro atoms. The fourth-order valence-electron chi connectivity index (χ4n) is 2.76. The van der Waals surface area contributed by atoms with E-state index in [2.05, 4.69) is 26.1 Å². The van der Waals surface area contributed by atoms with Gasteiger partial charge in [0.15, 0.2) is 0 Å². The second-order valence-electron chi connectivity index (χ2n) is 5.51. The van der Waals surface area contributed by atoms with Gasteiger partial charge in [-0.3, -0.25) is 0 Å². The zero-order valence-electron chi connectivity index (χ0n) is 11.0. The van der Waals surface area contributed by atoms with Gasteiger partial charge in [0, 0.05) is 18.0 Å². The molecule has 17 heavy (non-hydrogen) atoms. The Hall–Kier alpha value is -0.890. The minimum atomic E-state index is -0.144. The molecule has 1 aromatic carbocycles. The summed E-state index contributed by atoms with van der Waals surface area (Å²) in [7, 11) is 0. The molecule has 0 bridgehead atoms. The summed E-state index contributed by atoms with van der Waals surface area (Å²) in [5.41, 5.74) is 1.55. The van der Waals surface area contributed by atoms with Gasteiger partial charge in [-0.25, -0.2) is 4.39 Å². The summed E-state index contributed by atoms with van der Waals surface area (Å²) in [6, 6.07) is 7.57. The minimum Gasteiger partial charge on any atom is -0.314 e. The number of benzene rings is 1. The van der Waals surface area contributed by atoms with Crippen LogP contribution >= 0.6 is 0 Å². The first kappa shape index (κ1) is 12.6. The van der Waals surface area contributed by atoms with Crippen molar-refractivity contribution in [3.8, 4) is 0 Å². The molecule has 0 heterocycles. The quantitative estimate of drug-likeness (QED) is 0.823. The van der Waals surface area contributed by atoms with Gasteiger partial charge in [0.2, 0.25) is 0 Å². The topological polar surface area (TPSA) is 12.0 Å². The minimum absolute atomic E-state index is 0.144. The van der Waals surface area contributed by atoms with Crippen molar-refractivity contribution in [3.63, 3.8) is 0 Å². The molecule has 1 N–H and O–H groups in total. The largest absolute Gasteiger partial charge is 0.314 e. The van der Waals surface area contributed by atoms with Crippen molar-refractivity contribution in [1.82, 2.24) is 5.32 Å². The van der Waals surface area contributed by atoms with E-state index in [4.69, 9.17) is 0 Å². The zero-order chi connectivity index (χ0) is 12.5. The maximum atomic E-state index is 13.0. The number of hydrogen-bond donors (Lipinski definition) is 1. The molecule has 1 fully saturated rings. The third kappa shape index (κ3) is 2.52. The normalized spacial score (nSPS) is 27.5. The van der Waals surface area contributed by atoms with E-state index in [9.17, 15) is 4.39 Å². The first-order valence-corrected chi connectivity index (χ1v) is 6.58. The molecular formula is C15H22FN. The molecule has 2 rings (SSSR count). The standard InChI is InChI=1S/C15H22FN/c1-4-12-9-15(12,10-17-11(2)3)13-5-7-14(16)8-6-13/h5-8,11-12,17H,4,9-10H2,1-3H3. The smallest absolute Gasteiger partial charge is 0.123 e. The SMILES string of the molecule is CCC1CC1(CNC(C)C)c1ccc(F)cc1. The first-order chi connectivity index (χ1) is 8.08. The molecule has 94 valence electrons. The summed E-state index contributed by atoms with van der Waals surface area (Å²) in [5, 5.41) is 3.53. The van der Waals surface area contributed by atoms with E-state index < -0.39 is 0 Å². The average molecular weight is 235 g/mol. The summed E-state index contributed by atoms with van der Waals surface area (Å²) in [4.78, 5) is 0. The lowest BCUT2D eigenvalue weighted by atomic mass is 9.92. The van der Waals surface area contributed by atoms with Gasteiger partial charge in [-0.15, -0.1) is 0 Å². The molecule has 0 aliphatic heterocycles. The van der Waals surface area contributed by atoms with Crippen LogP contribution in [-0.4, -0.2) is 12.6 Å². The zero-order valence-corrected chi connectivity index (χ0v) is 11.0. The molecule has 2 heteroatoms. The van der Waals surface area contributed by atoms with E-state index in [1.807, 2.05) is 12.1 Å². The third-order valence-corrected chi connectivity index (χ3v) is 3.97. The van der Waals surface area contributed by atoms with E-state index in [0.29, 0.717) is 6.04 Å². The molecule has 0 saturated heterocycles. The highest BCUT2D eigenvalue weighted by Gasteiger charge is 2.53. The van der Waals surface area contributed by atoms with E-state index in [1.54, 1.807) is 12.1 Å². The van der Waals surface area contributed by atoms with Crippen LogP contribution in [0.25, 0.3) is 0 Å². The van der Waals surface area contributed by atoms with Crippen molar-refractivity contribution in [2.75, 3.05) is 6.54 Å². The number of halogens is 1. The molecule has 0 aromatic heterocycles. The van der Waals surface area contributed by atoms with Crippen LogP contribution in [0.2, 0.25) is 0 Å². The predicted octanol–water partition coefficient (Wildman–Crippen LogP) is 3.49. The van der Waals surface area contributed by atoms with E-state index in [-0.39, 0.29) is 11.2 Å². The molecule has 1 aliphatic carbocycles. The summed E-state index contributed by atoms with van der Waals surface area (Å²) in [6.45, 7) is 7.59. The molecular weight excluding hydrogens is 213 g/mol. The molecule has 1 aromatic rings. The summed E-state index contributed by atoms with van der Waals surface area (Å²) in [6.07, 6.45) is 2.44. The second kappa shape index (κ2) is 4.77. The molecule has 0 radical (unpaired) electrons. The molecule has 1 saturated carbocycles. The Balaban J connectivity index is 2.15. The van der Waals surface area contributed by atoms with Gasteiger partial charge in [0.25, 0.3) is 0 Å². The molecule has 2 atom stereocenters. The van der Waals surface area contributed by atoms with Gasteiger partial charge in [-0.05, 0) is 30.0 Å². The lowest BCUT2D eigenvalue weighted by molar-refractivity contribution is 0.486.